The Hall–Kier alpha value is -2.80. The first kappa shape index (κ1) is 21.5. The molecule has 0 radical (unpaired) electrons. The van der Waals surface area contributed by atoms with Crippen LogP contribution in [0.25, 0.3) is 0 Å². The molecule has 2 aromatic rings. The van der Waals surface area contributed by atoms with Crippen LogP contribution in [-0.2, 0) is 22.4 Å². The van der Waals surface area contributed by atoms with E-state index in [2.05, 4.69) is 5.32 Å². The average molecular weight is 390 g/mol. The highest BCUT2D eigenvalue weighted by Gasteiger charge is 2.35. The Bertz CT molecular complexity index is 809. The number of halogens is 2. The van der Waals surface area contributed by atoms with E-state index in [0.717, 1.165) is 0 Å². The zero-order valence-electron chi connectivity index (χ0n) is 15.6. The quantitative estimate of drug-likeness (QED) is 0.614. The highest BCUT2D eigenvalue weighted by atomic mass is 19.1. The Kier molecular flexibility index (Phi) is 7.23. The minimum absolute atomic E-state index is 0.000106. The van der Waals surface area contributed by atoms with Crippen molar-refractivity contribution in [2.45, 2.75) is 44.2 Å². The summed E-state index contributed by atoms with van der Waals surface area (Å²) in [6, 6.07) is 9.87. The van der Waals surface area contributed by atoms with Crippen molar-refractivity contribution in [1.29, 1.82) is 0 Å². The van der Waals surface area contributed by atoms with Gasteiger partial charge in [0, 0.05) is 6.42 Å². The summed E-state index contributed by atoms with van der Waals surface area (Å²) in [6.07, 6.45) is 1.09. The average Bonchev–Trinajstić information content (AvgIpc) is 2.65. The zero-order chi connectivity index (χ0) is 20.7. The van der Waals surface area contributed by atoms with E-state index >= 15 is 0 Å². The Balaban J connectivity index is 2.15. The van der Waals surface area contributed by atoms with Crippen molar-refractivity contribution in [3.63, 3.8) is 0 Å². The molecule has 28 heavy (non-hydrogen) atoms. The second-order valence-corrected chi connectivity index (χ2v) is 6.90. The number of benzene rings is 2. The Morgan fingerprint density at radius 2 is 1.54 bits per heavy atom. The molecule has 0 bridgehead atoms. The molecule has 7 heteroatoms. The van der Waals surface area contributed by atoms with Crippen molar-refractivity contribution >= 4 is 11.9 Å². The monoisotopic (exact) mass is 390 g/mol. The third kappa shape index (κ3) is 5.85. The molecule has 4 N–H and O–H groups in total. The van der Waals surface area contributed by atoms with Gasteiger partial charge in [-0.2, -0.15) is 0 Å². The van der Waals surface area contributed by atoms with Gasteiger partial charge in [0.25, 0.3) is 0 Å². The van der Waals surface area contributed by atoms with E-state index in [1.54, 1.807) is 12.1 Å². The van der Waals surface area contributed by atoms with Gasteiger partial charge in [-0.3, -0.25) is 4.79 Å². The van der Waals surface area contributed by atoms with Gasteiger partial charge in [-0.1, -0.05) is 37.6 Å². The summed E-state index contributed by atoms with van der Waals surface area (Å²) in [5.74, 6) is -2.62. The maximum Gasteiger partial charge on any atom is 0.326 e. The minimum Gasteiger partial charge on any atom is -0.480 e. The van der Waals surface area contributed by atoms with Crippen LogP contribution in [0.1, 0.15) is 30.9 Å². The Morgan fingerprint density at radius 1 is 1.04 bits per heavy atom. The van der Waals surface area contributed by atoms with Crippen LogP contribution in [0.15, 0.2) is 48.5 Å². The number of amides is 1. The first-order chi connectivity index (χ1) is 13.2. The standard InChI is InChI=1S/C21H24F2N2O3/c1-2-11-21(24,13-15-5-9-17(23)10-6-15)20(28)25-18(19(26)27)12-14-3-7-16(22)8-4-14/h3-10,18H,2,11-13,24H2,1H3,(H,25,28)(H,26,27). The molecule has 2 atom stereocenters. The molecule has 0 aliphatic carbocycles. The summed E-state index contributed by atoms with van der Waals surface area (Å²) in [6.45, 7) is 1.87. The van der Waals surface area contributed by atoms with Crippen LogP contribution in [0, 0.1) is 11.6 Å². The summed E-state index contributed by atoms with van der Waals surface area (Å²) in [5.41, 5.74) is 6.26. The molecule has 0 aliphatic heterocycles. The number of carbonyl (C=O) groups is 2. The molecule has 5 nitrogen and oxygen atoms in total. The molecule has 0 aliphatic rings. The molecular formula is C21H24F2N2O3. The van der Waals surface area contributed by atoms with Crippen molar-refractivity contribution in [2.75, 3.05) is 0 Å². The minimum atomic E-state index is -1.33. The van der Waals surface area contributed by atoms with E-state index in [9.17, 15) is 23.5 Å². The predicted octanol–water partition coefficient (Wildman–Crippen LogP) is 2.82. The molecule has 2 rings (SSSR count). The number of carboxylic acids is 1. The first-order valence-corrected chi connectivity index (χ1v) is 9.05. The van der Waals surface area contributed by atoms with Crippen LogP contribution in [0.5, 0.6) is 0 Å². The van der Waals surface area contributed by atoms with Gasteiger partial charge in [0.1, 0.15) is 17.7 Å². The lowest BCUT2D eigenvalue weighted by atomic mass is 9.86. The third-order valence-electron chi connectivity index (χ3n) is 4.54. The molecule has 0 spiro atoms. The number of hydrogen-bond acceptors (Lipinski definition) is 3. The molecule has 2 aromatic carbocycles. The van der Waals surface area contributed by atoms with Gasteiger partial charge < -0.3 is 16.2 Å². The number of nitrogens with two attached hydrogens (primary N) is 1. The van der Waals surface area contributed by atoms with Gasteiger partial charge in [-0.25, -0.2) is 13.6 Å². The van der Waals surface area contributed by atoms with Crippen molar-refractivity contribution in [3.8, 4) is 0 Å². The van der Waals surface area contributed by atoms with Crippen molar-refractivity contribution < 1.29 is 23.5 Å². The summed E-state index contributed by atoms with van der Waals surface area (Å²) >= 11 is 0. The van der Waals surface area contributed by atoms with E-state index in [4.69, 9.17) is 5.73 Å². The highest BCUT2D eigenvalue weighted by molar-refractivity contribution is 5.90. The normalized spacial score (nSPS) is 14.1. The van der Waals surface area contributed by atoms with E-state index in [1.165, 1.54) is 36.4 Å². The fourth-order valence-corrected chi connectivity index (χ4v) is 3.05. The fraction of sp³-hybridized carbons (Fsp3) is 0.333. The summed E-state index contributed by atoms with van der Waals surface area (Å²) in [5, 5.41) is 12.0. The maximum absolute atomic E-state index is 13.1. The topological polar surface area (TPSA) is 92.4 Å². The molecular weight excluding hydrogens is 366 g/mol. The Morgan fingerprint density at radius 3 is 2.00 bits per heavy atom. The van der Waals surface area contributed by atoms with Gasteiger partial charge in [0.15, 0.2) is 0 Å². The second kappa shape index (κ2) is 9.41. The van der Waals surface area contributed by atoms with Crippen molar-refractivity contribution in [1.82, 2.24) is 5.32 Å². The summed E-state index contributed by atoms with van der Waals surface area (Å²) in [7, 11) is 0. The summed E-state index contributed by atoms with van der Waals surface area (Å²) in [4.78, 5) is 24.5. The lowest BCUT2D eigenvalue weighted by Crippen LogP contribution is -2.59. The van der Waals surface area contributed by atoms with Crippen LogP contribution in [0.2, 0.25) is 0 Å². The van der Waals surface area contributed by atoms with Gasteiger partial charge in [0.2, 0.25) is 5.91 Å². The molecule has 1 amide bonds. The van der Waals surface area contributed by atoms with Crippen LogP contribution in [0.3, 0.4) is 0 Å². The SMILES string of the molecule is CCCC(N)(Cc1ccc(F)cc1)C(=O)NC(Cc1ccc(F)cc1)C(=O)O. The summed E-state index contributed by atoms with van der Waals surface area (Å²) < 4.78 is 26.2. The van der Waals surface area contributed by atoms with E-state index in [1.807, 2.05) is 6.92 Å². The first-order valence-electron chi connectivity index (χ1n) is 9.05. The van der Waals surface area contributed by atoms with E-state index < -0.39 is 35.1 Å². The number of hydrogen-bond donors (Lipinski definition) is 3. The number of aliphatic carboxylic acids is 1. The van der Waals surface area contributed by atoms with Crippen LogP contribution in [0.4, 0.5) is 8.78 Å². The highest BCUT2D eigenvalue weighted by Crippen LogP contribution is 2.19. The van der Waals surface area contributed by atoms with Crippen LogP contribution in [-0.4, -0.2) is 28.6 Å². The molecule has 0 saturated carbocycles. The molecule has 0 fully saturated rings. The van der Waals surface area contributed by atoms with Crippen molar-refractivity contribution in [3.05, 3.63) is 71.3 Å². The number of nitrogens with one attached hydrogen (secondary N) is 1. The smallest absolute Gasteiger partial charge is 0.326 e. The number of carbonyl (C=O) groups excluding carboxylic acids is 1. The lowest BCUT2D eigenvalue weighted by Gasteiger charge is -2.30. The van der Waals surface area contributed by atoms with Gasteiger partial charge in [-0.15, -0.1) is 0 Å². The van der Waals surface area contributed by atoms with Crippen LogP contribution >= 0.6 is 0 Å². The zero-order valence-corrected chi connectivity index (χ0v) is 15.6. The van der Waals surface area contributed by atoms with Crippen molar-refractivity contribution in [2.24, 2.45) is 5.73 Å². The number of carboxylic acid groups (broad SMARTS) is 1. The van der Waals surface area contributed by atoms with Gasteiger partial charge in [-0.05, 0) is 48.2 Å². The van der Waals surface area contributed by atoms with Gasteiger partial charge >= 0.3 is 5.97 Å². The Labute approximate surface area is 162 Å². The van der Waals surface area contributed by atoms with Gasteiger partial charge in [0.05, 0.1) is 5.54 Å². The molecule has 150 valence electrons. The molecule has 0 heterocycles. The molecule has 2 unspecified atom stereocenters. The number of rotatable bonds is 9. The third-order valence-corrected chi connectivity index (χ3v) is 4.54. The largest absolute Gasteiger partial charge is 0.480 e. The lowest BCUT2D eigenvalue weighted by molar-refractivity contribution is -0.142. The molecule has 0 saturated heterocycles. The maximum atomic E-state index is 13.1. The molecule has 0 aromatic heterocycles. The van der Waals surface area contributed by atoms with Crippen LogP contribution < -0.4 is 11.1 Å². The van der Waals surface area contributed by atoms with E-state index in [0.29, 0.717) is 24.0 Å². The second-order valence-electron chi connectivity index (χ2n) is 6.90. The fourth-order valence-electron chi connectivity index (χ4n) is 3.05. The van der Waals surface area contributed by atoms with E-state index in [-0.39, 0.29) is 12.8 Å². The predicted molar refractivity (Wildman–Crippen MR) is 102 cm³/mol.